The van der Waals surface area contributed by atoms with Gasteiger partial charge in [-0.1, -0.05) is 25.9 Å². The van der Waals surface area contributed by atoms with Crippen LogP contribution in [0.2, 0.25) is 0 Å². The van der Waals surface area contributed by atoms with Crippen molar-refractivity contribution in [2.24, 2.45) is 5.92 Å². The maximum Gasteiger partial charge on any atom is 0.228 e. The highest BCUT2D eigenvalue weighted by molar-refractivity contribution is 4.93. The van der Waals surface area contributed by atoms with Crippen molar-refractivity contribution in [3.05, 3.63) is 11.7 Å². The number of rotatable bonds is 8. The molecule has 0 aliphatic rings. The van der Waals surface area contributed by atoms with Crippen LogP contribution < -0.4 is 5.32 Å². The quantitative estimate of drug-likeness (QED) is 0.772. The van der Waals surface area contributed by atoms with Gasteiger partial charge in [0.1, 0.15) is 6.10 Å². The fourth-order valence-corrected chi connectivity index (χ4v) is 1.92. The van der Waals surface area contributed by atoms with Crippen LogP contribution >= 0.6 is 0 Å². The predicted molar refractivity (Wildman–Crippen MR) is 70.3 cm³/mol. The third-order valence-corrected chi connectivity index (χ3v) is 3.08. The van der Waals surface area contributed by atoms with Crippen LogP contribution in [-0.4, -0.2) is 29.8 Å². The minimum atomic E-state index is -0.0559. The Kier molecular flexibility index (Phi) is 6.29. The second-order valence-corrected chi connectivity index (χ2v) is 4.74. The number of likely N-dealkylation sites (N-methyl/N-ethyl adjacent to an activating group) is 1. The number of ether oxygens (including phenoxy) is 1. The summed E-state index contributed by atoms with van der Waals surface area (Å²) in [6, 6.07) is 0.352. The Balaban J connectivity index is 2.67. The zero-order chi connectivity index (χ0) is 13.5. The van der Waals surface area contributed by atoms with E-state index in [0.29, 0.717) is 30.3 Å². The minimum Gasteiger partial charge on any atom is -0.370 e. The summed E-state index contributed by atoms with van der Waals surface area (Å²) in [5.41, 5.74) is 0. The van der Waals surface area contributed by atoms with Crippen molar-refractivity contribution in [2.75, 3.05) is 13.7 Å². The summed E-state index contributed by atoms with van der Waals surface area (Å²) in [5.74, 6) is 1.86. The van der Waals surface area contributed by atoms with Crippen molar-refractivity contribution in [1.82, 2.24) is 15.5 Å². The Morgan fingerprint density at radius 3 is 2.56 bits per heavy atom. The topological polar surface area (TPSA) is 60.2 Å². The highest BCUT2D eigenvalue weighted by Crippen LogP contribution is 2.18. The van der Waals surface area contributed by atoms with E-state index in [2.05, 4.69) is 36.2 Å². The smallest absolute Gasteiger partial charge is 0.228 e. The van der Waals surface area contributed by atoms with E-state index in [1.54, 1.807) is 0 Å². The molecule has 0 spiro atoms. The zero-order valence-corrected chi connectivity index (χ0v) is 12.1. The molecule has 0 saturated heterocycles. The molecule has 0 radical (unpaired) electrons. The normalized spacial score (nSPS) is 15.0. The molecular formula is C13H25N3O2. The molecule has 1 aromatic rings. The first-order valence-corrected chi connectivity index (χ1v) is 6.73. The van der Waals surface area contributed by atoms with Gasteiger partial charge in [-0.05, 0) is 26.3 Å². The van der Waals surface area contributed by atoms with Crippen LogP contribution in [0.25, 0.3) is 0 Å². The summed E-state index contributed by atoms with van der Waals surface area (Å²) in [6.07, 6.45) is 1.55. The van der Waals surface area contributed by atoms with E-state index < -0.39 is 0 Å². The molecule has 1 rings (SSSR count). The van der Waals surface area contributed by atoms with Crippen molar-refractivity contribution in [1.29, 1.82) is 0 Å². The standard InChI is InChI=1S/C13H25N3O2/c1-6-11(17-7-2)13-15-12(18-16-13)8-10(14-5)9(3)4/h9-11,14H,6-8H2,1-5H3. The summed E-state index contributed by atoms with van der Waals surface area (Å²) in [5, 5.41) is 7.28. The molecule has 0 saturated carbocycles. The number of hydrogen-bond donors (Lipinski definition) is 1. The summed E-state index contributed by atoms with van der Waals surface area (Å²) < 4.78 is 10.9. The first-order valence-electron chi connectivity index (χ1n) is 6.73. The van der Waals surface area contributed by atoms with Gasteiger partial charge in [0.15, 0.2) is 0 Å². The van der Waals surface area contributed by atoms with Gasteiger partial charge in [-0.2, -0.15) is 4.98 Å². The van der Waals surface area contributed by atoms with Gasteiger partial charge < -0.3 is 14.6 Å². The molecule has 18 heavy (non-hydrogen) atoms. The Hall–Kier alpha value is -0.940. The van der Waals surface area contributed by atoms with Crippen LogP contribution in [-0.2, 0) is 11.2 Å². The fourth-order valence-electron chi connectivity index (χ4n) is 1.92. The lowest BCUT2D eigenvalue weighted by molar-refractivity contribution is 0.0518. The molecule has 0 bridgehead atoms. The summed E-state index contributed by atoms with van der Waals surface area (Å²) >= 11 is 0. The van der Waals surface area contributed by atoms with E-state index >= 15 is 0 Å². The van der Waals surface area contributed by atoms with Crippen molar-refractivity contribution in [2.45, 2.75) is 52.7 Å². The Bertz CT molecular complexity index is 339. The van der Waals surface area contributed by atoms with Crippen LogP contribution in [0.4, 0.5) is 0 Å². The first kappa shape index (κ1) is 15.1. The van der Waals surface area contributed by atoms with Crippen LogP contribution in [0.1, 0.15) is 51.9 Å². The predicted octanol–water partition coefficient (Wildman–Crippen LogP) is 2.34. The van der Waals surface area contributed by atoms with Gasteiger partial charge in [-0.3, -0.25) is 0 Å². The lowest BCUT2D eigenvalue weighted by atomic mass is 10.0. The number of aromatic nitrogens is 2. The maximum atomic E-state index is 5.57. The monoisotopic (exact) mass is 255 g/mol. The fraction of sp³-hybridized carbons (Fsp3) is 0.846. The average molecular weight is 255 g/mol. The van der Waals surface area contributed by atoms with Gasteiger partial charge in [0.2, 0.25) is 11.7 Å². The number of nitrogens with one attached hydrogen (secondary N) is 1. The Morgan fingerprint density at radius 2 is 2.06 bits per heavy atom. The molecule has 104 valence electrons. The van der Waals surface area contributed by atoms with Gasteiger partial charge in [-0.15, -0.1) is 0 Å². The third-order valence-electron chi connectivity index (χ3n) is 3.08. The van der Waals surface area contributed by atoms with Crippen molar-refractivity contribution in [3.8, 4) is 0 Å². The summed E-state index contributed by atoms with van der Waals surface area (Å²) in [6.45, 7) is 9.04. The van der Waals surface area contributed by atoms with Gasteiger partial charge in [0, 0.05) is 19.1 Å². The third kappa shape index (κ3) is 4.07. The molecule has 0 aliphatic carbocycles. The number of nitrogens with zero attached hydrogens (tertiary/aromatic N) is 2. The van der Waals surface area contributed by atoms with E-state index in [-0.39, 0.29) is 6.10 Å². The molecule has 1 N–H and O–H groups in total. The van der Waals surface area contributed by atoms with Gasteiger partial charge in [0.05, 0.1) is 0 Å². The molecule has 0 aromatic carbocycles. The van der Waals surface area contributed by atoms with Gasteiger partial charge in [-0.25, -0.2) is 0 Å². The van der Waals surface area contributed by atoms with E-state index in [0.717, 1.165) is 12.8 Å². The van der Waals surface area contributed by atoms with Crippen LogP contribution in [0.5, 0.6) is 0 Å². The van der Waals surface area contributed by atoms with Crippen LogP contribution in [0.3, 0.4) is 0 Å². The van der Waals surface area contributed by atoms with Crippen molar-refractivity contribution in [3.63, 3.8) is 0 Å². The van der Waals surface area contributed by atoms with E-state index in [1.807, 2.05) is 14.0 Å². The van der Waals surface area contributed by atoms with Crippen LogP contribution in [0.15, 0.2) is 4.52 Å². The summed E-state index contributed by atoms with van der Waals surface area (Å²) in [4.78, 5) is 4.43. The molecular weight excluding hydrogens is 230 g/mol. The second kappa shape index (κ2) is 7.48. The molecule has 1 aromatic heterocycles. The second-order valence-electron chi connectivity index (χ2n) is 4.74. The molecule has 2 unspecified atom stereocenters. The van der Waals surface area contributed by atoms with Gasteiger partial charge >= 0.3 is 0 Å². The van der Waals surface area contributed by atoms with E-state index in [9.17, 15) is 0 Å². The molecule has 0 amide bonds. The minimum absolute atomic E-state index is 0.0559. The molecule has 2 atom stereocenters. The van der Waals surface area contributed by atoms with Crippen molar-refractivity contribution >= 4 is 0 Å². The SMILES string of the molecule is CCOC(CC)c1noc(CC(NC)C(C)C)n1. The number of hydrogen-bond acceptors (Lipinski definition) is 5. The van der Waals surface area contributed by atoms with E-state index in [4.69, 9.17) is 9.26 Å². The zero-order valence-electron chi connectivity index (χ0n) is 12.1. The van der Waals surface area contributed by atoms with E-state index in [1.165, 1.54) is 0 Å². The first-order chi connectivity index (χ1) is 8.62. The highest BCUT2D eigenvalue weighted by Gasteiger charge is 2.20. The molecule has 1 heterocycles. The molecule has 5 heteroatoms. The maximum absolute atomic E-state index is 5.57. The molecule has 5 nitrogen and oxygen atoms in total. The Morgan fingerprint density at radius 1 is 1.33 bits per heavy atom. The highest BCUT2D eigenvalue weighted by atomic mass is 16.5. The van der Waals surface area contributed by atoms with Crippen LogP contribution in [0, 0.1) is 5.92 Å². The molecule has 0 aliphatic heterocycles. The molecule has 0 fully saturated rings. The largest absolute Gasteiger partial charge is 0.370 e. The average Bonchev–Trinajstić information content (AvgIpc) is 2.81. The lowest BCUT2D eigenvalue weighted by Crippen LogP contribution is -2.32. The lowest BCUT2D eigenvalue weighted by Gasteiger charge is -2.17. The van der Waals surface area contributed by atoms with Crippen molar-refractivity contribution < 1.29 is 9.26 Å². The Labute approximate surface area is 109 Å². The summed E-state index contributed by atoms with van der Waals surface area (Å²) in [7, 11) is 1.96. The van der Waals surface area contributed by atoms with Gasteiger partial charge in [0.25, 0.3) is 0 Å².